The third kappa shape index (κ3) is 2.52. The van der Waals surface area contributed by atoms with Crippen LogP contribution in [0, 0.1) is 5.92 Å². The summed E-state index contributed by atoms with van der Waals surface area (Å²) >= 11 is 0. The molecule has 1 saturated heterocycles. The van der Waals surface area contributed by atoms with E-state index in [1.165, 1.54) is 6.07 Å². The van der Waals surface area contributed by atoms with Gasteiger partial charge in [0.2, 0.25) is 6.79 Å². The van der Waals surface area contributed by atoms with Gasteiger partial charge < -0.3 is 14.8 Å². The zero-order valence-electron chi connectivity index (χ0n) is 10.8. The molecular formula is C14H17F2NO2. The molecule has 1 aromatic carbocycles. The van der Waals surface area contributed by atoms with E-state index >= 15 is 0 Å². The molecule has 0 radical (unpaired) electrons. The molecule has 1 aromatic rings. The molecule has 2 aliphatic heterocycles. The van der Waals surface area contributed by atoms with Crippen LogP contribution in [0.2, 0.25) is 0 Å². The van der Waals surface area contributed by atoms with Crippen LogP contribution in [0.4, 0.5) is 8.78 Å². The molecule has 3 rings (SSSR count). The fourth-order valence-corrected chi connectivity index (χ4v) is 2.69. The Morgan fingerprint density at radius 1 is 1.37 bits per heavy atom. The molecule has 0 bridgehead atoms. The van der Waals surface area contributed by atoms with Crippen LogP contribution in [0.25, 0.3) is 0 Å². The lowest BCUT2D eigenvalue weighted by molar-refractivity contribution is 0.0172. The Bertz CT molecular complexity index is 479. The Morgan fingerprint density at radius 3 is 2.89 bits per heavy atom. The van der Waals surface area contributed by atoms with E-state index in [1.807, 2.05) is 0 Å². The molecule has 0 saturated carbocycles. The SMILES string of the molecule is CC(F)(F)c1cc(CC2CCNC2)c2c(c1)OCO2. The lowest BCUT2D eigenvalue weighted by Gasteiger charge is -2.16. The Kier molecular flexibility index (Phi) is 3.09. The van der Waals surface area contributed by atoms with Crippen molar-refractivity contribution in [3.05, 3.63) is 23.3 Å². The molecule has 5 heteroatoms. The number of hydrogen-bond acceptors (Lipinski definition) is 3. The highest BCUT2D eigenvalue weighted by atomic mass is 19.3. The van der Waals surface area contributed by atoms with Gasteiger partial charge in [-0.1, -0.05) is 0 Å². The van der Waals surface area contributed by atoms with Gasteiger partial charge in [-0.05, 0) is 49.5 Å². The smallest absolute Gasteiger partial charge is 0.270 e. The summed E-state index contributed by atoms with van der Waals surface area (Å²) in [5.74, 6) is -1.29. The Hall–Kier alpha value is -1.36. The van der Waals surface area contributed by atoms with Crippen molar-refractivity contribution in [2.75, 3.05) is 19.9 Å². The summed E-state index contributed by atoms with van der Waals surface area (Å²) in [6, 6.07) is 2.95. The third-order valence-electron chi connectivity index (χ3n) is 3.73. The van der Waals surface area contributed by atoms with Crippen molar-refractivity contribution >= 4 is 0 Å². The molecule has 0 aliphatic carbocycles. The van der Waals surface area contributed by atoms with Gasteiger partial charge in [-0.2, -0.15) is 0 Å². The van der Waals surface area contributed by atoms with Gasteiger partial charge in [0.15, 0.2) is 11.5 Å². The number of ether oxygens (including phenoxy) is 2. The molecule has 1 unspecified atom stereocenters. The van der Waals surface area contributed by atoms with E-state index in [0.717, 1.165) is 38.4 Å². The Labute approximate surface area is 110 Å². The summed E-state index contributed by atoms with van der Waals surface area (Å²) in [4.78, 5) is 0. The summed E-state index contributed by atoms with van der Waals surface area (Å²) in [6.45, 7) is 2.95. The second-order valence-corrected chi connectivity index (χ2v) is 5.32. The number of nitrogens with one attached hydrogen (secondary N) is 1. The first kappa shape index (κ1) is 12.7. The predicted molar refractivity (Wildman–Crippen MR) is 66.8 cm³/mol. The van der Waals surface area contributed by atoms with Gasteiger partial charge in [-0.3, -0.25) is 0 Å². The fraction of sp³-hybridized carbons (Fsp3) is 0.571. The van der Waals surface area contributed by atoms with Crippen molar-refractivity contribution < 1.29 is 18.3 Å². The average Bonchev–Trinajstić information content (AvgIpc) is 2.97. The summed E-state index contributed by atoms with van der Waals surface area (Å²) < 4.78 is 37.7. The average molecular weight is 269 g/mol. The second-order valence-electron chi connectivity index (χ2n) is 5.32. The Balaban J connectivity index is 1.94. The van der Waals surface area contributed by atoms with Crippen LogP contribution in [-0.2, 0) is 12.3 Å². The highest BCUT2D eigenvalue weighted by Crippen LogP contribution is 2.42. The third-order valence-corrected chi connectivity index (χ3v) is 3.73. The number of alkyl halides is 2. The summed E-state index contributed by atoms with van der Waals surface area (Å²) in [5.41, 5.74) is 0.831. The molecule has 2 heterocycles. The maximum Gasteiger partial charge on any atom is 0.270 e. The predicted octanol–water partition coefficient (Wildman–Crippen LogP) is 2.68. The normalized spacial score (nSPS) is 21.9. The lowest BCUT2D eigenvalue weighted by Crippen LogP contribution is -2.12. The molecular weight excluding hydrogens is 252 g/mol. The van der Waals surface area contributed by atoms with E-state index in [9.17, 15) is 8.78 Å². The first-order chi connectivity index (χ1) is 9.04. The monoisotopic (exact) mass is 269 g/mol. The maximum atomic E-state index is 13.5. The fourth-order valence-electron chi connectivity index (χ4n) is 2.69. The number of fused-ring (bicyclic) bond motifs is 1. The van der Waals surface area contributed by atoms with Gasteiger partial charge >= 0.3 is 0 Å². The van der Waals surface area contributed by atoms with Crippen LogP contribution in [0.15, 0.2) is 12.1 Å². The summed E-state index contributed by atoms with van der Waals surface area (Å²) in [7, 11) is 0. The molecule has 1 fully saturated rings. The minimum Gasteiger partial charge on any atom is -0.454 e. The van der Waals surface area contributed by atoms with E-state index in [0.29, 0.717) is 17.4 Å². The molecule has 1 N–H and O–H groups in total. The largest absolute Gasteiger partial charge is 0.454 e. The van der Waals surface area contributed by atoms with Crippen molar-refractivity contribution in [3.8, 4) is 11.5 Å². The number of halogens is 2. The van der Waals surface area contributed by atoms with E-state index in [1.54, 1.807) is 6.07 Å². The zero-order chi connectivity index (χ0) is 13.5. The van der Waals surface area contributed by atoms with Crippen LogP contribution < -0.4 is 14.8 Å². The molecule has 2 aliphatic rings. The van der Waals surface area contributed by atoms with Gasteiger partial charge in [-0.25, -0.2) is 8.78 Å². The van der Waals surface area contributed by atoms with Crippen LogP contribution in [-0.4, -0.2) is 19.9 Å². The van der Waals surface area contributed by atoms with Crippen molar-refractivity contribution in [1.82, 2.24) is 5.32 Å². The number of rotatable bonds is 3. The minimum atomic E-state index is -2.86. The summed E-state index contributed by atoms with van der Waals surface area (Å²) in [5, 5.41) is 3.28. The van der Waals surface area contributed by atoms with Crippen LogP contribution >= 0.6 is 0 Å². The van der Waals surface area contributed by atoms with Crippen LogP contribution in [0.5, 0.6) is 11.5 Å². The van der Waals surface area contributed by atoms with Crippen LogP contribution in [0.1, 0.15) is 24.5 Å². The number of benzene rings is 1. The van der Waals surface area contributed by atoms with Crippen molar-refractivity contribution in [3.63, 3.8) is 0 Å². The first-order valence-corrected chi connectivity index (χ1v) is 6.55. The van der Waals surface area contributed by atoms with E-state index in [4.69, 9.17) is 9.47 Å². The second kappa shape index (κ2) is 4.63. The first-order valence-electron chi connectivity index (χ1n) is 6.55. The van der Waals surface area contributed by atoms with Gasteiger partial charge in [0.05, 0.1) is 0 Å². The molecule has 0 spiro atoms. The zero-order valence-corrected chi connectivity index (χ0v) is 10.8. The Morgan fingerprint density at radius 2 is 2.21 bits per heavy atom. The van der Waals surface area contributed by atoms with Crippen molar-refractivity contribution in [2.45, 2.75) is 25.7 Å². The van der Waals surface area contributed by atoms with E-state index in [2.05, 4.69) is 5.32 Å². The van der Waals surface area contributed by atoms with Gasteiger partial charge in [0.1, 0.15) is 0 Å². The standard InChI is InChI=1S/C14H17F2NO2/c1-14(15,16)11-5-10(4-9-2-3-17-7-9)13-12(6-11)18-8-19-13/h5-6,9,17H,2-4,7-8H2,1H3. The van der Waals surface area contributed by atoms with E-state index in [-0.39, 0.29) is 12.4 Å². The van der Waals surface area contributed by atoms with Crippen LogP contribution in [0.3, 0.4) is 0 Å². The quantitative estimate of drug-likeness (QED) is 0.915. The topological polar surface area (TPSA) is 30.5 Å². The van der Waals surface area contributed by atoms with Crippen molar-refractivity contribution in [2.24, 2.45) is 5.92 Å². The molecule has 3 nitrogen and oxygen atoms in total. The molecule has 19 heavy (non-hydrogen) atoms. The lowest BCUT2D eigenvalue weighted by atomic mass is 9.95. The maximum absolute atomic E-state index is 13.5. The van der Waals surface area contributed by atoms with Gasteiger partial charge in [0, 0.05) is 12.5 Å². The molecule has 0 aromatic heterocycles. The highest BCUT2D eigenvalue weighted by molar-refractivity contribution is 5.52. The van der Waals surface area contributed by atoms with Gasteiger partial charge in [0.25, 0.3) is 5.92 Å². The molecule has 0 amide bonds. The number of hydrogen-bond donors (Lipinski definition) is 1. The minimum absolute atomic E-state index is 0.00212. The summed E-state index contributed by atoms with van der Waals surface area (Å²) in [6.07, 6.45) is 1.82. The van der Waals surface area contributed by atoms with E-state index < -0.39 is 5.92 Å². The van der Waals surface area contributed by atoms with Crippen molar-refractivity contribution in [1.29, 1.82) is 0 Å². The molecule has 104 valence electrons. The molecule has 1 atom stereocenters. The van der Waals surface area contributed by atoms with Gasteiger partial charge in [-0.15, -0.1) is 0 Å². The highest BCUT2D eigenvalue weighted by Gasteiger charge is 2.30.